The van der Waals surface area contributed by atoms with Gasteiger partial charge in [-0.3, -0.25) is 4.90 Å². The first-order valence-electron chi connectivity index (χ1n) is 7.78. The van der Waals surface area contributed by atoms with E-state index >= 15 is 0 Å². The highest BCUT2D eigenvalue weighted by Gasteiger charge is 2.46. The van der Waals surface area contributed by atoms with Crippen molar-refractivity contribution >= 4 is 17.1 Å². The van der Waals surface area contributed by atoms with E-state index in [1.807, 2.05) is 18.2 Å². The predicted molar refractivity (Wildman–Crippen MR) is 82.6 cm³/mol. The van der Waals surface area contributed by atoms with Crippen LogP contribution in [0.5, 0.6) is 0 Å². The van der Waals surface area contributed by atoms with E-state index in [-0.39, 0.29) is 11.7 Å². The molecule has 0 aliphatic carbocycles. The molecule has 2 aliphatic heterocycles. The number of carbonyl (C=O) groups is 1. The van der Waals surface area contributed by atoms with E-state index in [0.717, 1.165) is 49.2 Å². The van der Waals surface area contributed by atoms with E-state index in [0.29, 0.717) is 6.54 Å². The molecule has 1 aromatic carbocycles. The molecular formula is C17H20N2O3. The van der Waals surface area contributed by atoms with Gasteiger partial charge < -0.3 is 14.1 Å². The molecule has 2 aromatic rings. The standard InChI is InChI=1S/C17H20N2O3/c1-18-11-17(22-16(18)20)7-4-8-19(12-17)10-14-9-13-5-2-3-6-15(13)21-14/h2-3,5-6,9H,4,7-8,10-12H2,1H3. The Morgan fingerprint density at radius 1 is 1.27 bits per heavy atom. The minimum Gasteiger partial charge on any atom is -0.460 e. The van der Waals surface area contributed by atoms with E-state index in [9.17, 15) is 4.79 Å². The normalized spacial score (nSPS) is 26.0. The highest BCUT2D eigenvalue weighted by Crippen LogP contribution is 2.32. The van der Waals surface area contributed by atoms with Crippen molar-refractivity contribution in [1.82, 2.24) is 9.80 Å². The van der Waals surface area contributed by atoms with Crippen LogP contribution in [-0.4, -0.2) is 48.2 Å². The Morgan fingerprint density at radius 2 is 2.14 bits per heavy atom. The van der Waals surface area contributed by atoms with Gasteiger partial charge in [0.1, 0.15) is 16.9 Å². The van der Waals surface area contributed by atoms with Gasteiger partial charge in [-0.2, -0.15) is 0 Å². The van der Waals surface area contributed by atoms with Crippen LogP contribution in [0.25, 0.3) is 11.0 Å². The Kier molecular flexibility index (Phi) is 3.11. The SMILES string of the molecule is CN1CC2(CCCN(Cc3cc4ccccc4o3)C2)OC1=O. The van der Waals surface area contributed by atoms with Gasteiger partial charge in [-0.15, -0.1) is 0 Å². The molecule has 1 aromatic heterocycles. The number of para-hydroxylation sites is 1. The molecule has 22 heavy (non-hydrogen) atoms. The fraction of sp³-hybridized carbons (Fsp3) is 0.471. The van der Waals surface area contributed by atoms with Crippen molar-refractivity contribution in [1.29, 1.82) is 0 Å². The van der Waals surface area contributed by atoms with Crippen LogP contribution in [0, 0.1) is 0 Å². The fourth-order valence-corrected chi connectivity index (χ4v) is 3.67. The zero-order valence-corrected chi connectivity index (χ0v) is 12.7. The lowest BCUT2D eigenvalue weighted by Crippen LogP contribution is -2.50. The summed E-state index contributed by atoms with van der Waals surface area (Å²) in [7, 11) is 1.80. The average Bonchev–Trinajstić information content (AvgIpc) is 3.00. The largest absolute Gasteiger partial charge is 0.460 e. The van der Waals surface area contributed by atoms with Crippen LogP contribution in [0.15, 0.2) is 34.7 Å². The van der Waals surface area contributed by atoms with Crippen LogP contribution in [0.4, 0.5) is 4.79 Å². The van der Waals surface area contributed by atoms with Gasteiger partial charge in [-0.05, 0) is 31.5 Å². The molecule has 4 rings (SSSR count). The molecule has 0 N–H and O–H groups in total. The third-order valence-corrected chi connectivity index (χ3v) is 4.62. The van der Waals surface area contributed by atoms with Gasteiger partial charge in [-0.25, -0.2) is 4.79 Å². The smallest absolute Gasteiger partial charge is 0.410 e. The highest BCUT2D eigenvalue weighted by molar-refractivity contribution is 5.77. The zero-order chi connectivity index (χ0) is 15.2. The topological polar surface area (TPSA) is 45.9 Å². The molecular weight excluding hydrogens is 280 g/mol. The molecule has 1 spiro atoms. The molecule has 0 radical (unpaired) electrons. The molecule has 3 heterocycles. The number of likely N-dealkylation sites (tertiary alicyclic amines) is 1. The summed E-state index contributed by atoms with van der Waals surface area (Å²) in [6, 6.07) is 10.2. The van der Waals surface area contributed by atoms with E-state index in [4.69, 9.17) is 9.15 Å². The average molecular weight is 300 g/mol. The number of rotatable bonds is 2. The molecule has 0 saturated carbocycles. The molecule has 1 amide bonds. The van der Waals surface area contributed by atoms with Crippen molar-refractivity contribution < 1.29 is 13.9 Å². The lowest BCUT2D eigenvalue weighted by Gasteiger charge is -2.37. The molecule has 2 fully saturated rings. The van der Waals surface area contributed by atoms with Gasteiger partial charge in [-0.1, -0.05) is 18.2 Å². The summed E-state index contributed by atoms with van der Waals surface area (Å²) in [6.45, 7) is 3.24. The summed E-state index contributed by atoms with van der Waals surface area (Å²) in [6.07, 6.45) is 1.78. The van der Waals surface area contributed by atoms with Crippen molar-refractivity contribution in [2.75, 3.05) is 26.7 Å². The number of likely N-dealkylation sites (N-methyl/N-ethyl adjacent to an activating group) is 1. The van der Waals surface area contributed by atoms with E-state index < -0.39 is 0 Å². The lowest BCUT2D eigenvalue weighted by molar-refractivity contribution is -0.0129. The molecule has 5 heteroatoms. The summed E-state index contributed by atoms with van der Waals surface area (Å²) < 4.78 is 11.5. The monoisotopic (exact) mass is 300 g/mol. The van der Waals surface area contributed by atoms with E-state index in [1.54, 1.807) is 11.9 Å². The molecule has 5 nitrogen and oxygen atoms in total. The molecule has 1 unspecified atom stereocenters. The number of nitrogens with zero attached hydrogens (tertiary/aromatic N) is 2. The first kappa shape index (κ1) is 13.6. The molecule has 2 saturated heterocycles. The highest BCUT2D eigenvalue weighted by atomic mass is 16.6. The van der Waals surface area contributed by atoms with Gasteiger partial charge in [0.2, 0.25) is 0 Å². The maximum Gasteiger partial charge on any atom is 0.410 e. The van der Waals surface area contributed by atoms with Crippen molar-refractivity contribution in [2.24, 2.45) is 0 Å². The quantitative estimate of drug-likeness (QED) is 0.855. The van der Waals surface area contributed by atoms with E-state index in [2.05, 4.69) is 17.0 Å². The minimum absolute atomic E-state index is 0.203. The second kappa shape index (κ2) is 5.02. The summed E-state index contributed by atoms with van der Waals surface area (Å²) >= 11 is 0. The maximum absolute atomic E-state index is 11.7. The number of carbonyl (C=O) groups excluding carboxylic acids is 1. The summed E-state index contributed by atoms with van der Waals surface area (Å²) in [5.74, 6) is 0.968. The number of amides is 1. The minimum atomic E-state index is -0.337. The molecule has 1 atom stereocenters. The van der Waals surface area contributed by atoms with E-state index in [1.165, 1.54) is 0 Å². The summed E-state index contributed by atoms with van der Waals surface area (Å²) in [5.41, 5.74) is 0.590. The van der Waals surface area contributed by atoms with Crippen LogP contribution in [-0.2, 0) is 11.3 Å². The van der Waals surface area contributed by atoms with Crippen LogP contribution in [0.3, 0.4) is 0 Å². The second-order valence-corrected chi connectivity index (χ2v) is 6.47. The zero-order valence-electron chi connectivity index (χ0n) is 12.7. The second-order valence-electron chi connectivity index (χ2n) is 6.47. The number of furan rings is 1. The Balaban J connectivity index is 1.50. The Labute approximate surface area is 129 Å². The maximum atomic E-state index is 11.7. The van der Waals surface area contributed by atoms with Crippen LogP contribution >= 0.6 is 0 Å². The third-order valence-electron chi connectivity index (χ3n) is 4.62. The number of fused-ring (bicyclic) bond motifs is 1. The van der Waals surface area contributed by atoms with Crippen LogP contribution in [0.2, 0.25) is 0 Å². The van der Waals surface area contributed by atoms with Crippen molar-refractivity contribution in [3.63, 3.8) is 0 Å². The number of benzene rings is 1. The Bertz CT molecular complexity index is 678. The van der Waals surface area contributed by atoms with Gasteiger partial charge in [0.25, 0.3) is 0 Å². The van der Waals surface area contributed by atoms with Crippen LogP contribution in [0.1, 0.15) is 18.6 Å². The number of ether oxygens (including phenoxy) is 1. The number of hydrogen-bond acceptors (Lipinski definition) is 4. The lowest BCUT2D eigenvalue weighted by atomic mass is 9.93. The third kappa shape index (κ3) is 2.35. The van der Waals surface area contributed by atoms with Gasteiger partial charge in [0.05, 0.1) is 13.1 Å². The molecule has 0 bridgehead atoms. The Morgan fingerprint density at radius 3 is 2.91 bits per heavy atom. The summed E-state index contributed by atoms with van der Waals surface area (Å²) in [4.78, 5) is 15.7. The van der Waals surface area contributed by atoms with Gasteiger partial charge >= 0.3 is 6.09 Å². The predicted octanol–water partition coefficient (Wildman–Crippen LogP) is 2.85. The first-order valence-corrected chi connectivity index (χ1v) is 7.78. The van der Waals surface area contributed by atoms with Crippen molar-refractivity contribution in [2.45, 2.75) is 25.0 Å². The molecule has 116 valence electrons. The molecule has 2 aliphatic rings. The van der Waals surface area contributed by atoms with Gasteiger partial charge in [0.15, 0.2) is 0 Å². The first-order chi connectivity index (χ1) is 10.6. The Hall–Kier alpha value is -2.01. The number of hydrogen-bond donors (Lipinski definition) is 0. The fourth-order valence-electron chi connectivity index (χ4n) is 3.67. The van der Waals surface area contributed by atoms with Crippen molar-refractivity contribution in [3.05, 3.63) is 36.1 Å². The van der Waals surface area contributed by atoms with Crippen LogP contribution < -0.4 is 0 Å². The van der Waals surface area contributed by atoms with Gasteiger partial charge in [0, 0.05) is 19.0 Å². The summed E-state index contributed by atoms with van der Waals surface area (Å²) in [5, 5.41) is 1.14. The number of piperidine rings is 1. The van der Waals surface area contributed by atoms with Crippen molar-refractivity contribution in [3.8, 4) is 0 Å².